The maximum atomic E-state index is 4.08. The van der Waals surface area contributed by atoms with E-state index in [1.165, 1.54) is 36.7 Å². The molecule has 1 fully saturated rings. The van der Waals surface area contributed by atoms with Crippen LogP contribution in [0.25, 0.3) is 0 Å². The van der Waals surface area contributed by atoms with Crippen molar-refractivity contribution in [3.63, 3.8) is 0 Å². The lowest BCUT2D eigenvalue weighted by Gasteiger charge is -2.28. The highest BCUT2D eigenvalue weighted by molar-refractivity contribution is 8.67. The Morgan fingerprint density at radius 1 is 1.25 bits per heavy atom. The van der Waals surface area contributed by atoms with Crippen molar-refractivity contribution in [1.29, 1.82) is 0 Å². The SMILES string of the molecule is CCN[C@H]1CC[C@H](NSS)CC1. The highest BCUT2D eigenvalue weighted by atomic mass is 33.1. The van der Waals surface area contributed by atoms with Crippen LogP contribution in [0.3, 0.4) is 0 Å². The molecule has 12 heavy (non-hydrogen) atoms. The van der Waals surface area contributed by atoms with E-state index in [0.29, 0.717) is 6.04 Å². The zero-order chi connectivity index (χ0) is 8.81. The molecule has 0 aromatic carbocycles. The molecule has 0 heterocycles. The normalized spacial score (nSPS) is 30.5. The quantitative estimate of drug-likeness (QED) is 0.372. The van der Waals surface area contributed by atoms with Gasteiger partial charge in [0.1, 0.15) is 0 Å². The number of rotatable bonds is 4. The largest absolute Gasteiger partial charge is 0.314 e. The summed E-state index contributed by atoms with van der Waals surface area (Å²) < 4.78 is 3.30. The van der Waals surface area contributed by atoms with E-state index in [9.17, 15) is 0 Å². The molecular formula is C8H18N2S2. The molecule has 4 heteroatoms. The predicted molar refractivity (Wildman–Crippen MR) is 59.4 cm³/mol. The van der Waals surface area contributed by atoms with Crippen LogP contribution < -0.4 is 10.0 Å². The van der Waals surface area contributed by atoms with Gasteiger partial charge in [-0.15, -0.1) is 0 Å². The molecule has 0 bridgehead atoms. The van der Waals surface area contributed by atoms with Crippen molar-refractivity contribution < 1.29 is 0 Å². The van der Waals surface area contributed by atoms with Gasteiger partial charge in [-0.2, -0.15) is 0 Å². The van der Waals surface area contributed by atoms with E-state index in [-0.39, 0.29) is 0 Å². The standard InChI is InChI=1S/C8H18N2S2/c1-2-9-7-3-5-8(6-4-7)10-12-11/h7-11H,2-6H2,1H3/t7-,8-. The van der Waals surface area contributed by atoms with Gasteiger partial charge in [-0.1, -0.05) is 18.6 Å². The monoisotopic (exact) mass is 206 g/mol. The summed E-state index contributed by atoms with van der Waals surface area (Å²) in [5, 5.41) is 3.49. The molecule has 1 rings (SSSR count). The first kappa shape index (κ1) is 10.7. The number of nitrogens with one attached hydrogen (secondary N) is 2. The highest BCUT2D eigenvalue weighted by Gasteiger charge is 2.19. The third kappa shape index (κ3) is 3.56. The molecular weight excluding hydrogens is 188 g/mol. The summed E-state index contributed by atoms with van der Waals surface area (Å²) in [6.07, 6.45) is 5.18. The highest BCUT2D eigenvalue weighted by Crippen LogP contribution is 2.20. The zero-order valence-electron chi connectivity index (χ0n) is 7.55. The Labute approximate surface area is 84.2 Å². The first-order chi connectivity index (χ1) is 5.86. The summed E-state index contributed by atoms with van der Waals surface area (Å²) in [4.78, 5) is 0. The van der Waals surface area contributed by atoms with Crippen molar-refractivity contribution in [3.8, 4) is 0 Å². The molecule has 72 valence electrons. The Morgan fingerprint density at radius 3 is 2.33 bits per heavy atom. The number of hydrogen-bond donors (Lipinski definition) is 3. The molecule has 1 aliphatic carbocycles. The number of thiol groups is 1. The summed E-state index contributed by atoms with van der Waals surface area (Å²) in [5.74, 6) is 0. The lowest BCUT2D eigenvalue weighted by molar-refractivity contribution is 0.338. The summed E-state index contributed by atoms with van der Waals surface area (Å²) in [6.45, 7) is 3.28. The molecule has 1 saturated carbocycles. The molecule has 0 spiro atoms. The molecule has 2 nitrogen and oxygen atoms in total. The second-order valence-corrected chi connectivity index (χ2v) is 4.28. The van der Waals surface area contributed by atoms with Crippen LogP contribution in [0.5, 0.6) is 0 Å². The van der Waals surface area contributed by atoms with Gasteiger partial charge in [-0.25, -0.2) is 0 Å². The second kappa shape index (κ2) is 6.13. The summed E-state index contributed by atoms with van der Waals surface area (Å²) >= 11 is 4.08. The van der Waals surface area contributed by atoms with Crippen molar-refractivity contribution >= 4 is 22.6 Å². The molecule has 2 N–H and O–H groups in total. The van der Waals surface area contributed by atoms with E-state index in [1.54, 1.807) is 0 Å². The first-order valence-corrected chi connectivity index (χ1v) is 6.53. The summed E-state index contributed by atoms with van der Waals surface area (Å²) in [6, 6.07) is 1.44. The summed E-state index contributed by atoms with van der Waals surface area (Å²) in [7, 11) is 1.45. The minimum absolute atomic E-state index is 0.683. The smallest absolute Gasteiger partial charge is 0.0180 e. The lowest BCUT2D eigenvalue weighted by Crippen LogP contribution is -2.37. The predicted octanol–water partition coefficient (Wildman–Crippen LogP) is 1.99. The van der Waals surface area contributed by atoms with Crippen LogP contribution in [0.4, 0.5) is 0 Å². The molecule has 0 saturated heterocycles. The molecule has 0 radical (unpaired) electrons. The van der Waals surface area contributed by atoms with E-state index >= 15 is 0 Å². The van der Waals surface area contributed by atoms with Gasteiger partial charge in [-0.05, 0) is 43.2 Å². The van der Waals surface area contributed by atoms with Crippen LogP contribution in [0, 0.1) is 0 Å². The minimum Gasteiger partial charge on any atom is -0.314 e. The van der Waals surface area contributed by atoms with E-state index in [2.05, 4.69) is 28.6 Å². The van der Waals surface area contributed by atoms with Gasteiger partial charge in [0.25, 0.3) is 0 Å². The molecule has 0 unspecified atom stereocenters. The molecule has 0 aliphatic heterocycles. The Morgan fingerprint density at radius 2 is 1.83 bits per heavy atom. The van der Waals surface area contributed by atoms with Gasteiger partial charge in [0.2, 0.25) is 0 Å². The average Bonchev–Trinajstić information content (AvgIpc) is 2.09. The molecule has 0 amide bonds. The lowest BCUT2D eigenvalue weighted by atomic mass is 9.92. The Kier molecular flexibility index (Phi) is 5.47. The Hall–Kier alpha value is 0.620. The minimum atomic E-state index is 0.683. The first-order valence-electron chi connectivity index (χ1n) is 4.66. The van der Waals surface area contributed by atoms with Gasteiger partial charge in [0, 0.05) is 12.1 Å². The third-order valence-electron chi connectivity index (χ3n) is 2.44. The van der Waals surface area contributed by atoms with Crippen molar-refractivity contribution in [3.05, 3.63) is 0 Å². The van der Waals surface area contributed by atoms with Crippen LogP contribution in [0.15, 0.2) is 0 Å². The second-order valence-electron chi connectivity index (χ2n) is 3.32. The van der Waals surface area contributed by atoms with Crippen LogP contribution in [-0.2, 0) is 0 Å². The third-order valence-corrected chi connectivity index (χ3v) is 3.19. The van der Waals surface area contributed by atoms with E-state index in [0.717, 1.165) is 12.6 Å². The maximum absolute atomic E-state index is 4.08. The molecule has 0 aromatic rings. The van der Waals surface area contributed by atoms with Gasteiger partial charge in [-0.3, -0.25) is 4.72 Å². The molecule has 0 aromatic heterocycles. The maximum Gasteiger partial charge on any atom is 0.0180 e. The van der Waals surface area contributed by atoms with E-state index in [4.69, 9.17) is 0 Å². The Bertz CT molecular complexity index is 99.6. The van der Waals surface area contributed by atoms with Gasteiger partial charge >= 0.3 is 0 Å². The fourth-order valence-corrected chi connectivity index (χ4v) is 2.61. The van der Waals surface area contributed by atoms with E-state index in [1.807, 2.05) is 0 Å². The van der Waals surface area contributed by atoms with Crippen LogP contribution in [0.2, 0.25) is 0 Å². The van der Waals surface area contributed by atoms with Crippen molar-refractivity contribution in [1.82, 2.24) is 10.0 Å². The van der Waals surface area contributed by atoms with Crippen molar-refractivity contribution in [2.75, 3.05) is 6.54 Å². The van der Waals surface area contributed by atoms with Gasteiger partial charge < -0.3 is 5.32 Å². The van der Waals surface area contributed by atoms with Gasteiger partial charge in [0.05, 0.1) is 0 Å². The topological polar surface area (TPSA) is 24.1 Å². The molecule has 1 aliphatic rings. The zero-order valence-corrected chi connectivity index (χ0v) is 9.26. The van der Waals surface area contributed by atoms with Crippen LogP contribution in [0.1, 0.15) is 32.6 Å². The van der Waals surface area contributed by atoms with Crippen molar-refractivity contribution in [2.45, 2.75) is 44.7 Å². The fraction of sp³-hybridized carbons (Fsp3) is 1.00. The Balaban J connectivity index is 2.11. The average molecular weight is 206 g/mol. The van der Waals surface area contributed by atoms with Crippen LogP contribution >= 0.6 is 22.6 Å². The fourth-order valence-electron chi connectivity index (χ4n) is 1.78. The van der Waals surface area contributed by atoms with Crippen LogP contribution in [-0.4, -0.2) is 18.6 Å². The number of hydrogen-bond acceptors (Lipinski definition) is 4. The van der Waals surface area contributed by atoms with Crippen molar-refractivity contribution in [2.24, 2.45) is 0 Å². The van der Waals surface area contributed by atoms with E-state index < -0.39 is 0 Å². The van der Waals surface area contributed by atoms with Gasteiger partial charge in [0.15, 0.2) is 0 Å². The molecule has 0 atom stereocenters. The summed E-state index contributed by atoms with van der Waals surface area (Å²) in [5.41, 5.74) is 0.